The van der Waals surface area contributed by atoms with E-state index in [-0.39, 0.29) is 29.8 Å². The van der Waals surface area contributed by atoms with E-state index in [4.69, 9.17) is 5.11 Å². The standard InChI is InChI=1S/C11H11BrFNO3S/c12-8-1-7(2-9(13)3-8)4-14-10(15)5-18-6-11(16)17/h1-3H,4-6H2,(H,14,15)(H,16,17). The highest BCUT2D eigenvalue weighted by Gasteiger charge is 2.05. The van der Waals surface area contributed by atoms with Crippen LogP contribution in [0.2, 0.25) is 0 Å². The smallest absolute Gasteiger partial charge is 0.313 e. The highest BCUT2D eigenvalue weighted by molar-refractivity contribution is 9.10. The van der Waals surface area contributed by atoms with Crippen LogP contribution in [-0.4, -0.2) is 28.5 Å². The SMILES string of the molecule is O=C(O)CSCC(=O)NCc1cc(F)cc(Br)c1. The number of halogens is 2. The molecule has 0 saturated heterocycles. The summed E-state index contributed by atoms with van der Waals surface area (Å²) in [5, 5.41) is 11.0. The van der Waals surface area contributed by atoms with Crippen molar-refractivity contribution in [3.63, 3.8) is 0 Å². The minimum atomic E-state index is -0.957. The van der Waals surface area contributed by atoms with Crippen molar-refractivity contribution in [2.45, 2.75) is 6.54 Å². The Morgan fingerprint density at radius 2 is 2.06 bits per heavy atom. The number of thioether (sulfide) groups is 1. The maximum Gasteiger partial charge on any atom is 0.313 e. The van der Waals surface area contributed by atoms with Crippen molar-refractivity contribution in [2.24, 2.45) is 0 Å². The summed E-state index contributed by atoms with van der Waals surface area (Å²) in [7, 11) is 0. The molecule has 0 heterocycles. The zero-order valence-electron chi connectivity index (χ0n) is 9.28. The number of hydrogen-bond donors (Lipinski definition) is 2. The summed E-state index contributed by atoms with van der Waals surface area (Å²) in [5.74, 6) is -1.65. The van der Waals surface area contributed by atoms with Gasteiger partial charge in [-0.15, -0.1) is 11.8 Å². The van der Waals surface area contributed by atoms with Crippen LogP contribution < -0.4 is 5.32 Å². The van der Waals surface area contributed by atoms with E-state index in [9.17, 15) is 14.0 Å². The van der Waals surface area contributed by atoms with Gasteiger partial charge in [-0.05, 0) is 23.8 Å². The van der Waals surface area contributed by atoms with Gasteiger partial charge in [-0.1, -0.05) is 15.9 Å². The first kappa shape index (κ1) is 15.0. The Morgan fingerprint density at radius 1 is 1.33 bits per heavy atom. The molecular formula is C11H11BrFNO3S. The monoisotopic (exact) mass is 335 g/mol. The van der Waals surface area contributed by atoms with Crippen LogP contribution in [0.1, 0.15) is 5.56 Å². The van der Waals surface area contributed by atoms with E-state index in [1.54, 1.807) is 6.07 Å². The number of rotatable bonds is 6. The van der Waals surface area contributed by atoms with Crippen molar-refractivity contribution in [1.82, 2.24) is 5.32 Å². The molecule has 1 aromatic rings. The predicted octanol–water partition coefficient (Wildman–Crippen LogP) is 2.02. The Morgan fingerprint density at radius 3 is 2.67 bits per heavy atom. The molecule has 1 aromatic carbocycles. The molecule has 1 rings (SSSR count). The van der Waals surface area contributed by atoms with Crippen molar-refractivity contribution in [1.29, 1.82) is 0 Å². The lowest BCUT2D eigenvalue weighted by Gasteiger charge is -2.05. The fourth-order valence-corrected chi connectivity index (χ4v) is 2.27. The number of carboxylic acids is 1. The molecule has 2 N–H and O–H groups in total. The summed E-state index contributed by atoms with van der Waals surface area (Å²) >= 11 is 4.17. The molecular weight excluding hydrogens is 325 g/mol. The van der Waals surface area contributed by atoms with E-state index >= 15 is 0 Å². The maximum atomic E-state index is 13.0. The zero-order valence-corrected chi connectivity index (χ0v) is 11.7. The summed E-state index contributed by atoms with van der Waals surface area (Å²) in [6.07, 6.45) is 0. The quantitative estimate of drug-likeness (QED) is 0.834. The molecule has 0 aliphatic carbocycles. The largest absolute Gasteiger partial charge is 0.481 e. The van der Waals surface area contributed by atoms with Gasteiger partial charge in [0, 0.05) is 11.0 Å². The molecule has 0 saturated carbocycles. The first-order chi connectivity index (χ1) is 8.47. The van der Waals surface area contributed by atoms with Crippen molar-refractivity contribution < 1.29 is 19.1 Å². The fourth-order valence-electron chi connectivity index (χ4n) is 1.20. The lowest BCUT2D eigenvalue weighted by molar-refractivity contribution is -0.133. The molecule has 0 fully saturated rings. The summed E-state index contributed by atoms with van der Waals surface area (Å²) in [5.41, 5.74) is 0.637. The molecule has 0 bridgehead atoms. The average molecular weight is 336 g/mol. The van der Waals surface area contributed by atoms with Gasteiger partial charge in [-0.2, -0.15) is 0 Å². The Balaban J connectivity index is 2.35. The van der Waals surface area contributed by atoms with Gasteiger partial charge < -0.3 is 10.4 Å². The van der Waals surface area contributed by atoms with Crippen LogP contribution in [0.5, 0.6) is 0 Å². The minimum Gasteiger partial charge on any atom is -0.481 e. The van der Waals surface area contributed by atoms with Crippen LogP contribution in [0, 0.1) is 5.82 Å². The number of aliphatic carboxylic acids is 1. The Labute approximate surface area is 116 Å². The first-order valence-corrected chi connectivity index (χ1v) is 6.93. The first-order valence-electron chi connectivity index (χ1n) is 4.98. The summed E-state index contributed by atoms with van der Waals surface area (Å²) in [6.45, 7) is 0.211. The topological polar surface area (TPSA) is 66.4 Å². The lowest BCUT2D eigenvalue weighted by Crippen LogP contribution is -2.25. The Hall–Kier alpha value is -1.08. The van der Waals surface area contributed by atoms with Gasteiger partial charge in [0.05, 0.1) is 11.5 Å². The van der Waals surface area contributed by atoms with Crippen LogP contribution in [0.3, 0.4) is 0 Å². The van der Waals surface area contributed by atoms with Gasteiger partial charge in [0.1, 0.15) is 5.82 Å². The minimum absolute atomic E-state index is 0.0722. The molecule has 1 amide bonds. The normalized spacial score (nSPS) is 10.1. The van der Waals surface area contributed by atoms with Gasteiger partial charge in [0.15, 0.2) is 0 Å². The second-order valence-corrected chi connectivity index (χ2v) is 5.34. The Bertz CT molecular complexity index is 436. The van der Waals surface area contributed by atoms with Crippen LogP contribution in [0.15, 0.2) is 22.7 Å². The summed E-state index contributed by atoms with van der Waals surface area (Å²) in [6, 6.07) is 4.36. The van der Waals surface area contributed by atoms with Gasteiger partial charge in [0.2, 0.25) is 5.91 Å². The van der Waals surface area contributed by atoms with Crippen molar-refractivity contribution in [2.75, 3.05) is 11.5 Å². The van der Waals surface area contributed by atoms with E-state index in [0.29, 0.717) is 10.0 Å². The van der Waals surface area contributed by atoms with E-state index in [2.05, 4.69) is 21.2 Å². The summed E-state index contributed by atoms with van der Waals surface area (Å²) in [4.78, 5) is 21.6. The number of carboxylic acid groups (broad SMARTS) is 1. The highest BCUT2D eigenvalue weighted by atomic mass is 79.9. The lowest BCUT2D eigenvalue weighted by atomic mass is 10.2. The van der Waals surface area contributed by atoms with Crippen molar-refractivity contribution in [3.8, 4) is 0 Å². The van der Waals surface area contributed by atoms with Crippen LogP contribution in [-0.2, 0) is 16.1 Å². The molecule has 7 heteroatoms. The van der Waals surface area contributed by atoms with Crippen LogP contribution in [0.25, 0.3) is 0 Å². The number of carbonyl (C=O) groups excluding carboxylic acids is 1. The van der Waals surface area contributed by atoms with Gasteiger partial charge >= 0.3 is 5.97 Å². The van der Waals surface area contributed by atoms with E-state index in [1.165, 1.54) is 12.1 Å². The van der Waals surface area contributed by atoms with Gasteiger partial charge in [-0.25, -0.2) is 4.39 Å². The molecule has 0 aliphatic rings. The molecule has 4 nitrogen and oxygen atoms in total. The van der Waals surface area contributed by atoms with E-state index in [1.807, 2.05) is 0 Å². The molecule has 0 aromatic heterocycles. The molecule has 0 radical (unpaired) electrons. The molecule has 0 unspecified atom stereocenters. The number of benzene rings is 1. The highest BCUT2D eigenvalue weighted by Crippen LogP contribution is 2.14. The third kappa shape index (κ3) is 6.02. The van der Waals surface area contributed by atoms with Gasteiger partial charge in [-0.3, -0.25) is 9.59 Å². The van der Waals surface area contributed by atoms with Crippen molar-refractivity contribution >= 4 is 39.6 Å². The van der Waals surface area contributed by atoms with E-state index < -0.39 is 5.97 Å². The number of nitrogens with one attached hydrogen (secondary N) is 1. The second-order valence-electron chi connectivity index (χ2n) is 3.44. The maximum absolute atomic E-state index is 13.0. The Kier molecular flexibility index (Phi) is 6.14. The predicted molar refractivity (Wildman–Crippen MR) is 70.9 cm³/mol. The third-order valence-electron chi connectivity index (χ3n) is 1.87. The van der Waals surface area contributed by atoms with E-state index in [0.717, 1.165) is 11.8 Å². The third-order valence-corrected chi connectivity index (χ3v) is 3.25. The second kappa shape index (κ2) is 7.38. The van der Waals surface area contributed by atoms with Crippen LogP contribution in [0.4, 0.5) is 4.39 Å². The average Bonchev–Trinajstić information content (AvgIpc) is 2.24. The fraction of sp³-hybridized carbons (Fsp3) is 0.273. The molecule has 18 heavy (non-hydrogen) atoms. The number of carbonyl (C=O) groups is 2. The molecule has 0 spiro atoms. The number of hydrogen-bond acceptors (Lipinski definition) is 3. The van der Waals surface area contributed by atoms with Crippen molar-refractivity contribution in [3.05, 3.63) is 34.1 Å². The number of amides is 1. The molecule has 0 aliphatic heterocycles. The summed E-state index contributed by atoms with van der Waals surface area (Å²) < 4.78 is 13.6. The molecule has 0 atom stereocenters. The molecule has 98 valence electrons. The van der Waals surface area contributed by atoms with Gasteiger partial charge in [0.25, 0.3) is 0 Å². The zero-order chi connectivity index (χ0) is 13.5. The van der Waals surface area contributed by atoms with Crippen LogP contribution >= 0.6 is 27.7 Å².